The van der Waals surface area contributed by atoms with Gasteiger partial charge in [-0.25, -0.2) is 0 Å². The average molecular weight is 571 g/mol. The molecule has 0 aromatic heterocycles. The SMILES string of the molecule is Cc1ccc2c(-c3cc4ccccc4c4ccccc34)c3ccccc3c(-c3cc4ccccc4cc3-c3ccccc3)c2c1. The van der Waals surface area contributed by atoms with Gasteiger partial charge < -0.3 is 0 Å². The minimum absolute atomic E-state index is 1.23. The van der Waals surface area contributed by atoms with E-state index in [2.05, 4.69) is 171 Å². The summed E-state index contributed by atoms with van der Waals surface area (Å²) >= 11 is 0. The molecule has 210 valence electrons. The zero-order valence-corrected chi connectivity index (χ0v) is 25.1. The molecule has 0 heterocycles. The number of fused-ring (bicyclic) bond motifs is 6. The molecule has 0 aliphatic heterocycles. The molecule has 0 fully saturated rings. The van der Waals surface area contributed by atoms with E-state index >= 15 is 0 Å². The highest BCUT2D eigenvalue weighted by atomic mass is 14.2. The van der Waals surface area contributed by atoms with Crippen molar-refractivity contribution in [3.05, 3.63) is 169 Å². The fraction of sp³-hybridized carbons (Fsp3) is 0.0222. The van der Waals surface area contributed by atoms with Crippen LogP contribution >= 0.6 is 0 Å². The average Bonchev–Trinajstić information content (AvgIpc) is 3.10. The van der Waals surface area contributed by atoms with Gasteiger partial charge in [0.15, 0.2) is 0 Å². The van der Waals surface area contributed by atoms with Crippen LogP contribution in [0.15, 0.2) is 164 Å². The molecule has 45 heavy (non-hydrogen) atoms. The van der Waals surface area contributed by atoms with E-state index < -0.39 is 0 Å². The van der Waals surface area contributed by atoms with Crippen molar-refractivity contribution in [1.29, 1.82) is 0 Å². The highest BCUT2D eigenvalue weighted by Gasteiger charge is 2.21. The summed E-state index contributed by atoms with van der Waals surface area (Å²) in [4.78, 5) is 0. The van der Waals surface area contributed by atoms with Crippen LogP contribution in [0.2, 0.25) is 0 Å². The summed E-state index contributed by atoms with van der Waals surface area (Å²) in [6, 6.07) is 60.5. The lowest BCUT2D eigenvalue weighted by molar-refractivity contribution is 1.51. The first kappa shape index (κ1) is 25.7. The molecule has 0 unspecified atom stereocenters. The second kappa shape index (κ2) is 10.2. The van der Waals surface area contributed by atoms with Gasteiger partial charge in [-0.15, -0.1) is 0 Å². The normalized spacial score (nSPS) is 11.7. The fourth-order valence-electron chi connectivity index (χ4n) is 7.44. The Balaban J connectivity index is 1.48. The zero-order valence-electron chi connectivity index (χ0n) is 25.1. The van der Waals surface area contributed by atoms with Gasteiger partial charge in [-0.3, -0.25) is 0 Å². The highest BCUT2D eigenvalue weighted by molar-refractivity contribution is 6.26. The van der Waals surface area contributed by atoms with Crippen molar-refractivity contribution in [1.82, 2.24) is 0 Å². The number of benzene rings is 9. The van der Waals surface area contributed by atoms with Crippen LogP contribution in [0.25, 0.3) is 87.2 Å². The Hall–Kier alpha value is -5.72. The summed E-state index contributed by atoms with van der Waals surface area (Å²) in [7, 11) is 0. The first-order chi connectivity index (χ1) is 22.2. The molecule has 9 aromatic carbocycles. The molecule has 9 rings (SSSR count). The second-order valence-electron chi connectivity index (χ2n) is 12.1. The molecule has 0 saturated heterocycles. The standard InChI is InChI=1S/C45H30/c1-29-23-24-39-41(25-29)45(43-27-32-16-6-5-15-31(32)26-40(43)30-13-3-2-4-14-30)38-22-12-11-21-37(38)44(39)42-28-33-17-7-8-18-34(33)35-19-9-10-20-36(35)42/h2-28H,1H3. The molecule has 0 spiro atoms. The molecule has 0 bridgehead atoms. The van der Waals surface area contributed by atoms with Crippen LogP contribution in [-0.4, -0.2) is 0 Å². The predicted molar refractivity (Wildman–Crippen MR) is 195 cm³/mol. The molecular weight excluding hydrogens is 540 g/mol. The van der Waals surface area contributed by atoms with Crippen molar-refractivity contribution in [2.45, 2.75) is 6.92 Å². The van der Waals surface area contributed by atoms with E-state index in [1.54, 1.807) is 0 Å². The molecule has 0 aliphatic rings. The summed E-state index contributed by atoms with van der Waals surface area (Å²) in [5.74, 6) is 0. The van der Waals surface area contributed by atoms with E-state index in [0.717, 1.165) is 0 Å². The highest BCUT2D eigenvalue weighted by Crippen LogP contribution is 2.49. The van der Waals surface area contributed by atoms with Crippen LogP contribution < -0.4 is 0 Å². The quantitative estimate of drug-likeness (QED) is 0.146. The lowest BCUT2D eigenvalue weighted by Gasteiger charge is -2.22. The molecule has 0 atom stereocenters. The summed E-state index contributed by atoms with van der Waals surface area (Å²) in [6.45, 7) is 2.21. The third-order valence-electron chi connectivity index (χ3n) is 9.46. The Morgan fingerprint density at radius 3 is 1.49 bits per heavy atom. The molecule has 0 radical (unpaired) electrons. The molecule has 0 N–H and O–H groups in total. The van der Waals surface area contributed by atoms with Crippen molar-refractivity contribution >= 4 is 53.9 Å². The third-order valence-corrected chi connectivity index (χ3v) is 9.46. The molecule has 0 aliphatic carbocycles. The van der Waals surface area contributed by atoms with Gasteiger partial charge in [0.1, 0.15) is 0 Å². The minimum Gasteiger partial charge on any atom is -0.0622 e. The van der Waals surface area contributed by atoms with E-state index in [0.29, 0.717) is 0 Å². The summed E-state index contributed by atoms with van der Waals surface area (Å²) in [6.07, 6.45) is 0. The first-order valence-corrected chi connectivity index (χ1v) is 15.7. The predicted octanol–water partition coefficient (Wildman–Crippen LogP) is 12.8. The number of hydrogen-bond donors (Lipinski definition) is 0. The maximum absolute atomic E-state index is 2.41. The van der Waals surface area contributed by atoms with E-state index in [9.17, 15) is 0 Å². The largest absolute Gasteiger partial charge is 0.0622 e. The zero-order chi connectivity index (χ0) is 29.9. The van der Waals surface area contributed by atoms with Crippen molar-refractivity contribution in [3.63, 3.8) is 0 Å². The Labute approximate surface area is 262 Å². The lowest BCUT2D eigenvalue weighted by Crippen LogP contribution is -1.94. The van der Waals surface area contributed by atoms with Crippen LogP contribution in [0, 0.1) is 6.92 Å². The molecule has 0 nitrogen and oxygen atoms in total. The number of hydrogen-bond acceptors (Lipinski definition) is 0. The molecule has 0 amide bonds. The first-order valence-electron chi connectivity index (χ1n) is 15.7. The van der Waals surface area contributed by atoms with E-state index in [4.69, 9.17) is 0 Å². The van der Waals surface area contributed by atoms with Crippen LogP contribution in [0.3, 0.4) is 0 Å². The van der Waals surface area contributed by atoms with Gasteiger partial charge in [0, 0.05) is 0 Å². The van der Waals surface area contributed by atoms with Crippen molar-refractivity contribution in [2.24, 2.45) is 0 Å². The fourth-order valence-corrected chi connectivity index (χ4v) is 7.44. The van der Waals surface area contributed by atoms with Crippen molar-refractivity contribution < 1.29 is 0 Å². The Morgan fingerprint density at radius 1 is 0.289 bits per heavy atom. The van der Waals surface area contributed by atoms with Gasteiger partial charge in [0.25, 0.3) is 0 Å². The monoisotopic (exact) mass is 570 g/mol. The van der Waals surface area contributed by atoms with E-state index in [1.165, 1.54) is 92.8 Å². The van der Waals surface area contributed by atoms with E-state index in [1.807, 2.05) is 0 Å². The second-order valence-corrected chi connectivity index (χ2v) is 12.1. The smallest absolute Gasteiger partial charge is 0.00198 e. The van der Waals surface area contributed by atoms with Crippen LogP contribution in [0.4, 0.5) is 0 Å². The summed E-state index contributed by atoms with van der Waals surface area (Å²) in [5.41, 5.74) is 8.88. The number of aryl methyl sites for hydroxylation is 1. The third kappa shape index (κ3) is 4.07. The lowest BCUT2D eigenvalue weighted by atomic mass is 9.81. The van der Waals surface area contributed by atoms with Gasteiger partial charge in [0.05, 0.1) is 0 Å². The Kier molecular flexibility index (Phi) is 5.83. The maximum atomic E-state index is 2.41. The van der Waals surface area contributed by atoms with Gasteiger partial charge in [-0.2, -0.15) is 0 Å². The Bertz CT molecular complexity index is 2590. The molecule has 0 heteroatoms. The minimum atomic E-state index is 1.23. The molecule has 0 saturated carbocycles. The Morgan fingerprint density at radius 2 is 0.778 bits per heavy atom. The summed E-state index contributed by atoms with van der Waals surface area (Å²) in [5, 5.41) is 12.8. The summed E-state index contributed by atoms with van der Waals surface area (Å²) < 4.78 is 0. The van der Waals surface area contributed by atoms with Crippen molar-refractivity contribution in [3.8, 4) is 33.4 Å². The van der Waals surface area contributed by atoms with Crippen LogP contribution in [-0.2, 0) is 0 Å². The van der Waals surface area contributed by atoms with Gasteiger partial charge in [0.2, 0.25) is 0 Å². The molecular formula is C45H30. The number of rotatable bonds is 3. The van der Waals surface area contributed by atoms with Crippen molar-refractivity contribution in [2.75, 3.05) is 0 Å². The van der Waals surface area contributed by atoms with Gasteiger partial charge >= 0.3 is 0 Å². The van der Waals surface area contributed by atoms with Gasteiger partial charge in [-0.1, -0.05) is 151 Å². The van der Waals surface area contributed by atoms with Crippen LogP contribution in [0.1, 0.15) is 5.56 Å². The molecule has 9 aromatic rings. The van der Waals surface area contributed by atoms with E-state index in [-0.39, 0.29) is 0 Å². The topological polar surface area (TPSA) is 0 Å². The maximum Gasteiger partial charge on any atom is -0.00198 e. The van der Waals surface area contributed by atoms with Gasteiger partial charge in [-0.05, 0) is 112 Å². The van der Waals surface area contributed by atoms with Crippen LogP contribution in [0.5, 0.6) is 0 Å².